The molecule has 0 aromatic rings. The summed E-state index contributed by atoms with van der Waals surface area (Å²) < 4.78 is 0. The maximum atomic E-state index is 3.69. The molecule has 1 N–H and O–H groups in total. The van der Waals surface area contributed by atoms with Crippen LogP contribution in [0.15, 0.2) is 0 Å². The van der Waals surface area contributed by atoms with Gasteiger partial charge in [-0.05, 0) is 43.6 Å². The Bertz CT molecular complexity index is 289. The maximum absolute atomic E-state index is 3.69. The fourth-order valence-corrected chi connectivity index (χ4v) is 4.47. The van der Waals surface area contributed by atoms with Crippen LogP contribution < -0.4 is 5.32 Å². The van der Waals surface area contributed by atoms with Crippen molar-refractivity contribution in [2.45, 2.75) is 84.7 Å². The average molecular weight is 280 g/mol. The molecular weight excluding hydrogens is 244 g/mol. The second-order valence-electron chi connectivity index (χ2n) is 7.97. The van der Waals surface area contributed by atoms with Crippen molar-refractivity contribution in [2.75, 3.05) is 19.6 Å². The SMILES string of the molecule is CCCC(C)(CNC(C)C)CN1CCC2CCCCC21. The van der Waals surface area contributed by atoms with Crippen LogP contribution in [0.2, 0.25) is 0 Å². The summed E-state index contributed by atoms with van der Waals surface area (Å²) in [5.41, 5.74) is 0.450. The van der Waals surface area contributed by atoms with Crippen molar-refractivity contribution >= 4 is 0 Å². The van der Waals surface area contributed by atoms with Gasteiger partial charge in [0, 0.05) is 25.2 Å². The summed E-state index contributed by atoms with van der Waals surface area (Å²) in [7, 11) is 0. The van der Waals surface area contributed by atoms with Crippen LogP contribution in [0, 0.1) is 11.3 Å². The predicted octanol–water partition coefficient (Wildman–Crippen LogP) is 4.06. The third-order valence-corrected chi connectivity index (χ3v) is 5.50. The van der Waals surface area contributed by atoms with Gasteiger partial charge in [0.1, 0.15) is 0 Å². The molecule has 1 saturated heterocycles. The Hall–Kier alpha value is -0.0800. The van der Waals surface area contributed by atoms with Gasteiger partial charge in [0.15, 0.2) is 0 Å². The zero-order valence-corrected chi connectivity index (χ0v) is 14.3. The third-order valence-electron chi connectivity index (χ3n) is 5.50. The molecule has 20 heavy (non-hydrogen) atoms. The summed E-state index contributed by atoms with van der Waals surface area (Å²) in [6, 6.07) is 1.52. The highest BCUT2D eigenvalue weighted by Crippen LogP contribution is 2.38. The summed E-state index contributed by atoms with van der Waals surface area (Å²) in [4.78, 5) is 2.85. The van der Waals surface area contributed by atoms with E-state index in [1.165, 1.54) is 64.6 Å². The van der Waals surface area contributed by atoms with Crippen LogP contribution in [0.3, 0.4) is 0 Å². The molecule has 1 aliphatic carbocycles. The second-order valence-corrected chi connectivity index (χ2v) is 7.97. The van der Waals surface area contributed by atoms with Gasteiger partial charge in [-0.2, -0.15) is 0 Å². The normalized spacial score (nSPS) is 30.4. The molecule has 1 heterocycles. The Morgan fingerprint density at radius 2 is 1.95 bits per heavy atom. The molecule has 0 radical (unpaired) electrons. The first-order chi connectivity index (χ1) is 9.54. The van der Waals surface area contributed by atoms with E-state index < -0.39 is 0 Å². The first-order valence-electron chi connectivity index (χ1n) is 9.01. The molecule has 0 aromatic carbocycles. The fraction of sp³-hybridized carbons (Fsp3) is 1.00. The number of rotatable bonds is 7. The van der Waals surface area contributed by atoms with E-state index in [1.54, 1.807) is 0 Å². The van der Waals surface area contributed by atoms with Crippen molar-refractivity contribution in [2.24, 2.45) is 11.3 Å². The van der Waals surface area contributed by atoms with Gasteiger partial charge in [0.05, 0.1) is 0 Å². The molecule has 0 spiro atoms. The van der Waals surface area contributed by atoms with Gasteiger partial charge in [-0.1, -0.05) is 47.0 Å². The highest BCUT2D eigenvalue weighted by atomic mass is 15.2. The molecule has 2 nitrogen and oxygen atoms in total. The van der Waals surface area contributed by atoms with Crippen molar-refractivity contribution in [1.29, 1.82) is 0 Å². The van der Waals surface area contributed by atoms with Gasteiger partial charge in [-0.15, -0.1) is 0 Å². The summed E-state index contributed by atoms with van der Waals surface area (Å²) in [5.74, 6) is 1.02. The van der Waals surface area contributed by atoms with Crippen molar-refractivity contribution in [3.63, 3.8) is 0 Å². The standard InChI is InChI=1S/C18H36N2/c1-5-11-18(4,13-19-15(2)3)14-20-12-10-16-8-6-7-9-17(16)20/h15-17,19H,5-14H2,1-4H3. The topological polar surface area (TPSA) is 15.3 Å². The molecule has 3 atom stereocenters. The first kappa shape index (κ1) is 16.3. The molecule has 1 aliphatic heterocycles. The molecule has 1 saturated carbocycles. The van der Waals surface area contributed by atoms with Crippen molar-refractivity contribution < 1.29 is 0 Å². The van der Waals surface area contributed by atoms with Gasteiger partial charge in [-0.25, -0.2) is 0 Å². The number of hydrogen-bond acceptors (Lipinski definition) is 2. The third kappa shape index (κ3) is 4.21. The van der Waals surface area contributed by atoms with Gasteiger partial charge >= 0.3 is 0 Å². The molecule has 3 unspecified atom stereocenters. The van der Waals surface area contributed by atoms with E-state index in [0.29, 0.717) is 11.5 Å². The molecule has 2 aliphatic rings. The highest BCUT2D eigenvalue weighted by molar-refractivity contribution is 4.93. The number of likely N-dealkylation sites (tertiary alicyclic amines) is 1. The first-order valence-corrected chi connectivity index (χ1v) is 9.01. The van der Waals surface area contributed by atoms with Crippen LogP contribution in [-0.4, -0.2) is 36.6 Å². The van der Waals surface area contributed by atoms with Gasteiger partial charge < -0.3 is 5.32 Å². The Morgan fingerprint density at radius 3 is 2.65 bits per heavy atom. The van der Waals surface area contributed by atoms with E-state index in [2.05, 4.69) is 37.9 Å². The van der Waals surface area contributed by atoms with E-state index in [0.717, 1.165) is 12.0 Å². The van der Waals surface area contributed by atoms with Crippen LogP contribution in [0.25, 0.3) is 0 Å². The minimum atomic E-state index is 0.450. The van der Waals surface area contributed by atoms with Crippen molar-refractivity contribution in [1.82, 2.24) is 10.2 Å². The Labute approximate surface area is 126 Å². The summed E-state index contributed by atoms with van der Waals surface area (Å²) >= 11 is 0. The van der Waals surface area contributed by atoms with Crippen LogP contribution in [0.5, 0.6) is 0 Å². The Morgan fingerprint density at radius 1 is 1.20 bits per heavy atom. The molecule has 0 bridgehead atoms. The lowest BCUT2D eigenvalue weighted by Crippen LogP contribution is -2.46. The monoisotopic (exact) mass is 280 g/mol. The van der Waals surface area contributed by atoms with E-state index in [4.69, 9.17) is 0 Å². The van der Waals surface area contributed by atoms with Crippen LogP contribution >= 0.6 is 0 Å². The predicted molar refractivity (Wildman–Crippen MR) is 88.1 cm³/mol. The zero-order valence-electron chi connectivity index (χ0n) is 14.3. The van der Waals surface area contributed by atoms with Gasteiger partial charge in [0.25, 0.3) is 0 Å². The summed E-state index contributed by atoms with van der Waals surface area (Å²) in [6.45, 7) is 13.2. The van der Waals surface area contributed by atoms with Crippen LogP contribution in [0.1, 0.15) is 72.6 Å². The van der Waals surface area contributed by atoms with Crippen molar-refractivity contribution in [3.05, 3.63) is 0 Å². The average Bonchev–Trinajstić information content (AvgIpc) is 2.80. The van der Waals surface area contributed by atoms with Crippen LogP contribution in [0.4, 0.5) is 0 Å². The molecule has 2 heteroatoms. The Balaban J connectivity index is 1.93. The number of nitrogens with one attached hydrogen (secondary N) is 1. The second kappa shape index (κ2) is 7.26. The maximum Gasteiger partial charge on any atom is 0.0124 e. The molecule has 118 valence electrons. The minimum absolute atomic E-state index is 0.450. The van der Waals surface area contributed by atoms with E-state index in [-0.39, 0.29) is 0 Å². The van der Waals surface area contributed by atoms with E-state index >= 15 is 0 Å². The lowest BCUT2D eigenvalue weighted by Gasteiger charge is -2.39. The molecular formula is C18H36N2. The number of nitrogens with zero attached hydrogens (tertiary/aromatic N) is 1. The number of hydrogen-bond donors (Lipinski definition) is 1. The van der Waals surface area contributed by atoms with E-state index in [1.807, 2.05) is 0 Å². The van der Waals surface area contributed by atoms with E-state index in [9.17, 15) is 0 Å². The lowest BCUT2D eigenvalue weighted by molar-refractivity contribution is 0.109. The van der Waals surface area contributed by atoms with Crippen LogP contribution in [-0.2, 0) is 0 Å². The lowest BCUT2D eigenvalue weighted by atomic mass is 9.82. The molecule has 2 rings (SSSR count). The quantitative estimate of drug-likeness (QED) is 0.756. The Kier molecular flexibility index (Phi) is 5.92. The largest absolute Gasteiger partial charge is 0.314 e. The minimum Gasteiger partial charge on any atom is -0.314 e. The zero-order chi connectivity index (χ0) is 14.6. The number of fused-ring (bicyclic) bond motifs is 1. The molecule has 0 amide bonds. The summed E-state index contributed by atoms with van der Waals surface area (Å²) in [6.07, 6.45) is 10.0. The highest BCUT2D eigenvalue weighted by Gasteiger charge is 2.38. The van der Waals surface area contributed by atoms with Crippen molar-refractivity contribution in [3.8, 4) is 0 Å². The molecule has 0 aromatic heterocycles. The summed E-state index contributed by atoms with van der Waals surface area (Å²) in [5, 5.41) is 3.69. The van der Waals surface area contributed by atoms with Gasteiger partial charge in [-0.3, -0.25) is 4.90 Å². The van der Waals surface area contributed by atoms with Gasteiger partial charge in [0.2, 0.25) is 0 Å². The fourth-order valence-electron chi connectivity index (χ4n) is 4.47. The smallest absolute Gasteiger partial charge is 0.0124 e. The molecule has 2 fully saturated rings.